The molecule has 176 valence electrons. The number of rotatable bonds is 5. The number of nitrogens with two attached hydrogens (primary N) is 1. The van der Waals surface area contributed by atoms with Gasteiger partial charge in [-0.2, -0.15) is 0 Å². The summed E-state index contributed by atoms with van der Waals surface area (Å²) in [5.41, 5.74) is 8.31. The lowest BCUT2D eigenvalue weighted by Gasteiger charge is -2.45. The molecule has 2 aromatic carbocycles. The second-order valence-corrected chi connectivity index (χ2v) is 9.04. The van der Waals surface area contributed by atoms with Crippen LogP contribution in [0, 0.1) is 0 Å². The van der Waals surface area contributed by atoms with E-state index >= 15 is 0 Å². The second-order valence-electron chi connectivity index (χ2n) is 8.61. The molecular weight excluding hydrogens is 442 g/mol. The first-order valence-electron chi connectivity index (χ1n) is 11.1. The molecule has 0 spiro atoms. The van der Waals surface area contributed by atoms with Gasteiger partial charge in [-0.1, -0.05) is 54.1 Å². The minimum Gasteiger partial charge on any atom is -0.483 e. The van der Waals surface area contributed by atoms with Crippen molar-refractivity contribution in [3.8, 4) is 0 Å². The summed E-state index contributed by atoms with van der Waals surface area (Å²) in [5, 5.41) is 10.5. The van der Waals surface area contributed by atoms with E-state index in [-0.39, 0.29) is 36.3 Å². The van der Waals surface area contributed by atoms with E-state index in [9.17, 15) is 9.59 Å². The number of halogens is 1. The van der Waals surface area contributed by atoms with Crippen LogP contribution in [0.2, 0.25) is 5.02 Å². The smallest absolute Gasteiger partial charge is 0.290 e. The topological polar surface area (TPSA) is 113 Å². The van der Waals surface area contributed by atoms with Gasteiger partial charge in [0, 0.05) is 29.4 Å². The van der Waals surface area contributed by atoms with E-state index in [2.05, 4.69) is 11.4 Å². The molecule has 33 heavy (non-hydrogen) atoms. The summed E-state index contributed by atoms with van der Waals surface area (Å²) in [6.07, 6.45) is 3.94. The predicted molar refractivity (Wildman–Crippen MR) is 127 cm³/mol. The number of carboxylic acid groups (broad SMARTS) is 1. The number of amides is 2. The van der Waals surface area contributed by atoms with Crippen molar-refractivity contribution in [1.29, 1.82) is 0 Å². The zero-order valence-electron chi connectivity index (χ0n) is 18.5. The van der Waals surface area contributed by atoms with Gasteiger partial charge in [-0.05, 0) is 48.9 Å². The summed E-state index contributed by atoms with van der Waals surface area (Å²) in [6, 6.07) is 17.3. The van der Waals surface area contributed by atoms with E-state index in [1.54, 1.807) is 4.90 Å². The van der Waals surface area contributed by atoms with E-state index < -0.39 is 6.04 Å². The zero-order chi connectivity index (χ0) is 23.8. The number of hydrogen-bond acceptors (Lipinski definition) is 4. The molecule has 1 saturated carbocycles. The van der Waals surface area contributed by atoms with Crippen LogP contribution in [0.4, 0.5) is 0 Å². The Morgan fingerprint density at radius 3 is 2.39 bits per heavy atom. The summed E-state index contributed by atoms with van der Waals surface area (Å²) in [6.45, 7) is 0.437. The molecule has 1 aliphatic heterocycles. The van der Waals surface area contributed by atoms with Crippen LogP contribution in [0.3, 0.4) is 0 Å². The second kappa shape index (κ2) is 11.3. The fraction of sp³-hybridized carbons (Fsp3) is 0.400. The lowest BCUT2D eigenvalue weighted by molar-refractivity contribution is -0.147. The van der Waals surface area contributed by atoms with Crippen LogP contribution >= 0.6 is 11.6 Å². The van der Waals surface area contributed by atoms with Crippen LogP contribution in [0.1, 0.15) is 36.8 Å². The number of nitrogens with one attached hydrogen (secondary N) is 1. The number of piperazine rings is 1. The molecular formula is C25H30ClN3O4. The molecule has 4 N–H and O–H groups in total. The highest BCUT2D eigenvalue weighted by Crippen LogP contribution is 2.41. The van der Waals surface area contributed by atoms with Gasteiger partial charge in [0.1, 0.15) is 6.04 Å². The number of nitrogens with zero attached hydrogens (tertiary/aromatic N) is 1. The third-order valence-electron chi connectivity index (χ3n) is 6.69. The van der Waals surface area contributed by atoms with E-state index in [1.807, 2.05) is 48.5 Å². The lowest BCUT2D eigenvalue weighted by atomic mass is 9.68. The van der Waals surface area contributed by atoms with E-state index in [0.29, 0.717) is 18.0 Å². The Hall–Kier alpha value is -2.90. The van der Waals surface area contributed by atoms with Crippen molar-refractivity contribution in [3.63, 3.8) is 0 Å². The molecule has 2 aliphatic rings. The maximum Gasteiger partial charge on any atom is 0.290 e. The lowest BCUT2D eigenvalue weighted by Crippen LogP contribution is -2.62. The number of hydrogen-bond donors (Lipinski definition) is 3. The SMILES string of the molecule is NCC1(c2cccc(Cl)c2)CCC(N2CC(=O)NC(Cc3ccccc3)C2=O)CC1.O=CO. The van der Waals surface area contributed by atoms with Gasteiger partial charge >= 0.3 is 0 Å². The minimum absolute atomic E-state index is 0.0199. The Labute approximate surface area is 198 Å². The van der Waals surface area contributed by atoms with Crippen molar-refractivity contribution < 1.29 is 19.5 Å². The van der Waals surface area contributed by atoms with Crippen LogP contribution in [0.25, 0.3) is 0 Å². The van der Waals surface area contributed by atoms with E-state index in [4.69, 9.17) is 27.2 Å². The third-order valence-corrected chi connectivity index (χ3v) is 6.93. The summed E-state index contributed by atoms with van der Waals surface area (Å²) >= 11 is 6.21. The molecule has 1 unspecified atom stereocenters. The van der Waals surface area contributed by atoms with Gasteiger partial charge in [0.25, 0.3) is 6.47 Å². The summed E-state index contributed by atoms with van der Waals surface area (Å²) in [4.78, 5) is 35.7. The molecule has 8 heteroatoms. The van der Waals surface area contributed by atoms with Crippen molar-refractivity contribution in [2.45, 2.75) is 49.6 Å². The van der Waals surface area contributed by atoms with Crippen LogP contribution in [-0.4, -0.2) is 53.5 Å². The molecule has 0 radical (unpaired) electrons. The molecule has 1 heterocycles. The monoisotopic (exact) mass is 471 g/mol. The maximum absolute atomic E-state index is 13.2. The Morgan fingerprint density at radius 1 is 1.12 bits per heavy atom. The molecule has 2 amide bonds. The summed E-state index contributed by atoms with van der Waals surface area (Å²) < 4.78 is 0. The van der Waals surface area contributed by atoms with Gasteiger partial charge in [-0.25, -0.2) is 0 Å². The molecule has 0 aromatic heterocycles. The highest BCUT2D eigenvalue weighted by atomic mass is 35.5. The minimum atomic E-state index is -0.497. The van der Waals surface area contributed by atoms with Gasteiger partial charge in [0.15, 0.2) is 0 Å². The zero-order valence-corrected chi connectivity index (χ0v) is 19.2. The fourth-order valence-corrected chi connectivity index (χ4v) is 5.12. The highest BCUT2D eigenvalue weighted by Gasteiger charge is 2.42. The van der Waals surface area contributed by atoms with Gasteiger partial charge < -0.3 is 21.1 Å². The Morgan fingerprint density at radius 2 is 1.79 bits per heavy atom. The molecule has 4 rings (SSSR count). The number of benzene rings is 2. The first-order valence-corrected chi connectivity index (χ1v) is 11.5. The standard InChI is InChI=1S/C24H28ClN3O2.CH2O2/c25-19-8-4-7-18(14-19)24(16-26)11-9-20(10-12-24)28-15-22(29)27-21(23(28)30)13-17-5-2-1-3-6-17;2-1-3/h1-8,14,20-21H,9-13,15-16,26H2,(H,27,29);1H,(H,2,3). The van der Waals surface area contributed by atoms with Gasteiger partial charge in [0.2, 0.25) is 11.8 Å². The maximum atomic E-state index is 13.2. The normalized spacial score (nSPS) is 25.0. The summed E-state index contributed by atoms with van der Waals surface area (Å²) in [5.74, 6) is -0.0625. The summed E-state index contributed by atoms with van der Waals surface area (Å²) in [7, 11) is 0. The van der Waals surface area contributed by atoms with Crippen LogP contribution in [-0.2, 0) is 26.2 Å². The molecule has 0 bridgehead atoms. The first kappa shape index (κ1) is 24.7. The van der Waals surface area contributed by atoms with Gasteiger partial charge in [-0.15, -0.1) is 0 Å². The first-order chi connectivity index (χ1) is 15.9. The molecule has 2 fully saturated rings. The van der Waals surface area contributed by atoms with Crippen LogP contribution in [0.5, 0.6) is 0 Å². The third kappa shape index (κ3) is 5.92. The average molecular weight is 472 g/mol. The fourth-order valence-electron chi connectivity index (χ4n) is 4.93. The van der Waals surface area contributed by atoms with Crippen LogP contribution < -0.4 is 11.1 Å². The Balaban J connectivity index is 0.000000968. The Kier molecular flexibility index (Phi) is 8.47. The van der Waals surface area contributed by atoms with E-state index in [1.165, 1.54) is 5.56 Å². The number of carbonyl (C=O) groups excluding carboxylic acids is 2. The Bertz CT molecular complexity index is 961. The van der Waals surface area contributed by atoms with Gasteiger partial charge in [-0.3, -0.25) is 14.4 Å². The molecule has 7 nitrogen and oxygen atoms in total. The quantitative estimate of drug-likeness (QED) is 0.580. The highest BCUT2D eigenvalue weighted by molar-refractivity contribution is 6.30. The van der Waals surface area contributed by atoms with Crippen molar-refractivity contribution in [1.82, 2.24) is 10.2 Å². The van der Waals surface area contributed by atoms with Crippen molar-refractivity contribution in [3.05, 3.63) is 70.7 Å². The molecule has 1 saturated heterocycles. The van der Waals surface area contributed by atoms with Crippen LogP contribution in [0.15, 0.2) is 54.6 Å². The molecule has 2 aromatic rings. The van der Waals surface area contributed by atoms with Crippen molar-refractivity contribution >= 4 is 29.9 Å². The largest absolute Gasteiger partial charge is 0.483 e. The van der Waals surface area contributed by atoms with Crippen molar-refractivity contribution in [2.24, 2.45) is 5.73 Å². The van der Waals surface area contributed by atoms with Gasteiger partial charge in [0.05, 0.1) is 6.54 Å². The average Bonchev–Trinajstić information content (AvgIpc) is 2.82. The van der Waals surface area contributed by atoms with Crippen molar-refractivity contribution in [2.75, 3.05) is 13.1 Å². The predicted octanol–water partition coefficient (Wildman–Crippen LogP) is 2.75. The molecule has 1 aliphatic carbocycles. The van der Waals surface area contributed by atoms with E-state index in [0.717, 1.165) is 31.2 Å². The molecule has 1 atom stereocenters. The number of carbonyl (C=O) groups is 3.